The van der Waals surface area contributed by atoms with E-state index in [-0.39, 0.29) is 0 Å². The molecule has 0 saturated heterocycles. The third-order valence-electron chi connectivity index (χ3n) is 2.71. The third-order valence-corrected chi connectivity index (χ3v) is 2.71. The highest BCUT2D eigenvalue weighted by molar-refractivity contribution is 5.92. The molecule has 4 nitrogen and oxygen atoms in total. The first-order valence-corrected chi connectivity index (χ1v) is 3.86. The maximum absolute atomic E-state index is 11.2. The number of aliphatic carboxylic acids is 1. The van der Waals surface area contributed by atoms with Crippen LogP contribution in [0.1, 0.15) is 27.7 Å². The van der Waals surface area contributed by atoms with Crippen LogP contribution in [0.25, 0.3) is 0 Å². The van der Waals surface area contributed by atoms with Gasteiger partial charge in [0.15, 0.2) is 5.78 Å². The topological polar surface area (TPSA) is 78.2 Å². The summed E-state index contributed by atoms with van der Waals surface area (Å²) in [6.45, 7) is 5.33. The lowest BCUT2D eigenvalue weighted by molar-refractivity contribution is -0.156. The molecule has 0 aliphatic rings. The van der Waals surface area contributed by atoms with Crippen LogP contribution in [-0.2, 0) is 9.59 Å². The van der Waals surface area contributed by atoms with Crippen molar-refractivity contribution < 1.29 is 14.7 Å². The number of ketones is 1. The van der Waals surface area contributed by atoms with Crippen LogP contribution in [0.4, 0.5) is 0 Å². The smallest absolute Gasteiger partial charge is 0.311 e. The molecule has 0 heterocycles. The van der Waals surface area contributed by atoms with Gasteiger partial charge in [0.2, 0.25) is 0 Å². The molecule has 1 N–H and O–H groups in total. The Labute approximate surface area is 77.2 Å². The van der Waals surface area contributed by atoms with Gasteiger partial charge in [-0.3, -0.25) is 9.59 Å². The second kappa shape index (κ2) is 3.17. The number of carbonyl (C=O) groups excluding carboxylic acids is 1. The Morgan fingerprint density at radius 1 is 1.31 bits per heavy atom. The molecule has 0 spiro atoms. The van der Waals surface area contributed by atoms with Gasteiger partial charge in [0, 0.05) is 0 Å². The highest BCUT2D eigenvalue weighted by Gasteiger charge is 2.50. The predicted octanol–water partition coefficient (Wildman–Crippen LogP) is 1.22. The second-order valence-corrected chi connectivity index (χ2v) is 3.72. The van der Waals surface area contributed by atoms with Crippen LogP contribution in [0, 0.1) is 22.2 Å². The molecule has 0 aliphatic heterocycles. The summed E-state index contributed by atoms with van der Waals surface area (Å²) < 4.78 is 0. The van der Waals surface area contributed by atoms with Gasteiger partial charge >= 0.3 is 5.97 Å². The second-order valence-electron chi connectivity index (χ2n) is 3.72. The van der Waals surface area contributed by atoms with Crippen molar-refractivity contribution in [1.82, 2.24) is 0 Å². The summed E-state index contributed by atoms with van der Waals surface area (Å²) in [6.07, 6.45) is 0. The first-order chi connectivity index (χ1) is 5.70. The van der Waals surface area contributed by atoms with Crippen LogP contribution in [-0.4, -0.2) is 16.9 Å². The molecule has 0 rings (SSSR count). The van der Waals surface area contributed by atoms with Crippen molar-refractivity contribution in [3.8, 4) is 6.07 Å². The quantitative estimate of drug-likeness (QED) is 0.713. The van der Waals surface area contributed by atoms with Crippen molar-refractivity contribution in [2.45, 2.75) is 27.7 Å². The molecule has 72 valence electrons. The Kier molecular flexibility index (Phi) is 2.84. The largest absolute Gasteiger partial charge is 0.481 e. The third kappa shape index (κ3) is 1.55. The maximum Gasteiger partial charge on any atom is 0.311 e. The minimum absolute atomic E-state index is 0.428. The van der Waals surface area contributed by atoms with Crippen LogP contribution in [0.2, 0.25) is 0 Å². The van der Waals surface area contributed by atoms with E-state index in [1.807, 2.05) is 0 Å². The van der Waals surface area contributed by atoms with Gasteiger partial charge < -0.3 is 5.11 Å². The lowest BCUT2D eigenvalue weighted by atomic mass is 9.65. The molecule has 1 atom stereocenters. The number of nitriles is 1. The number of carboxylic acids is 1. The van der Waals surface area contributed by atoms with Gasteiger partial charge in [-0.25, -0.2) is 0 Å². The molecule has 0 aromatic carbocycles. The number of nitrogens with zero attached hydrogens (tertiary/aromatic N) is 1. The van der Waals surface area contributed by atoms with Crippen LogP contribution < -0.4 is 0 Å². The molecule has 0 radical (unpaired) electrons. The van der Waals surface area contributed by atoms with Crippen LogP contribution in [0.5, 0.6) is 0 Å². The standard InChI is InChI=1S/C9H13NO3/c1-6(11)9(4,5-10)8(2,3)7(12)13/h1-4H3,(H,12,13). The minimum Gasteiger partial charge on any atom is -0.481 e. The van der Waals surface area contributed by atoms with E-state index in [2.05, 4.69) is 0 Å². The van der Waals surface area contributed by atoms with Gasteiger partial charge in [-0.05, 0) is 27.7 Å². The predicted molar refractivity (Wildman–Crippen MR) is 45.8 cm³/mol. The van der Waals surface area contributed by atoms with Crippen LogP contribution in [0.15, 0.2) is 0 Å². The Hall–Kier alpha value is -1.37. The van der Waals surface area contributed by atoms with Gasteiger partial charge in [0.25, 0.3) is 0 Å². The molecular formula is C9H13NO3. The molecule has 0 bridgehead atoms. The molecule has 4 heteroatoms. The van der Waals surface area contributed by atoms with Gasteiger partial charge in [-0.1, -0.05) is 0 Å². The van der Waals surface area contributed by atoms with Crippen molar-refractivity contribution in [3.05, 3.63) is 0 Å². The average Bonchev–Trinajstić information content (AvgIpc) is 2.01. The lowest BCUT2D eigenvalue weighted by Crippen LogP contribution is -2.45. The summed E-state index contributed by atoms with van der Waals surface area (Å²) in [4.78, 5) is 22.0. The number of hydrogen-bond acceptors (Lipinski definition) is 3. The number of hydrogen-bond donors (Lipinski definition) is 1. The Balaban J connectivity index is 5.36. The van der Waals surface area contributed by atoms with Gasteiger partial charge in [0.1, 0.15) is 5.41 Å². The minimum atomic E-state index is -1.47. The molecule has 1 unspecified atom stereocenters. The van der Waals surface area contributed by atoms with E-state index in [1.54, 1.807) is 6.07 Å². The summed E-state index contributed by atoms with van der Waals surface area (Å²) in [7, 11) is 0. The fourth-order valence-corrected chi connectivity index (χ4v) is 0.872. The molecule has 0 amide bonds. The monoisotopic (exact) mass is 183 g/mol. The zero-order valence-corrected chi connectivity index (χ0v) is 8.21. The number of carbonyl (C=O) groups is 2. The van der Waals surface area contributed by atoms with Crippen LogP contribution >= 0.6 is 0 Å². The van der Waals surface area contributed by atoms with E-state index < -0.39 is 22.6 Å². The van der Waals surface area contributed by atoms with E-state index in [4.69, 9.17) is 10.4 Å². The Bertz CT molecular complexity index is 288. The van der Waals surface area contributed by atoms with Crippen LogP contribution in [0.3, 0.4) is 0 Å². The van der Waals surface area contributed by atoms with Crippen molar-refractivity contribution in [2.24, 2.45) is 10.8 Å². The van der Waals surface area contributed by atoms with E-state index in [1.165, 1.54) is 27.7 Å². The fraction of sp³-hybridized carbons (Fsp3) is 0.667. The van der Waals surface area contributed by atoms with Crippen molar-refractivity contribution >= 4 is 11.8 Å². The first kappa shape index (κ1) is 11.6. The van der Waals surface area contributed by atoms with Crippen molar-refractivity contribution in [3.63, 3.8) is 0 Å². The number of Topliss-reactive ketones (excluding diaryl/α,β-unsaturated/α-hetero) is 1. The fourth-order valence-electron chi connectivity index (χ4n) is 0.872. The molecule has 0 aromatic rings. The van der Waals surface area contributed by atoms with Crippen molar-refractivity contribution in [1.29, 1.82) is 5.26 Å². The highest BCUT2D eigenvalue weighted by atomic mass is 16.4. The molecule has 0 saturated carbocycles. The zero-order chi connectivity index (χ0) is 10.9. The lowest BCUT2D eigenvalue weighted by Gasteiger charge is -2.32. The molecule has 0 aliphatic carbocycles. The van der Waals surface area contributed by atoms with E-state index >= 15 is 0 Å². The molecular weight excluding hydrogens is 170 g/mol. The van der Waals surface area contributed by atoms with Gasteiger partial charge in [-0.15, -0.1) is 0 Å². The Morgan fingerprint density at radius 3 is 1.77 bits per heavy atom. The zero-order valence-electron chi connectivity index (χ0n) is 8.21. The van der Waals surface area contributed by atoms with Gasteiger partial charge in [-0.2, -0.15) is 5.26 Å². The summed E-state index contributed by atoms with van der Waals surface area (Å²) in [5.41, 5.74) is -2.84. The number of rotatable bonds is 3. The molecule has 0 aromatic heterocycles. The number of carboxylic acid groups (broad SMARTS) is 1. The highest BCUT2D eigenvalue weighted by Crippen LogP contribution is 2.39. The average molecular weight is 183 g/mol. The summed E-state index contributed by atoms with van der Waals surface area (Å²) in [5, 5.41) is 17.7. The molecule has 0 fully saturated rings. The van der Waals surface area contributed by atoms with Crippen molar-refractivity contribution in [2.75, 3.05) is 0 Å². The summed E-state index contributed by atoms with van der Waals surface area (Å²) >= 11 is 0. The first-order valence-electron chi connectivity index (χ1n) is 3.86. The summed E-state index contributed by atoms with van der Waals surface area (Å²) in [6, 6.07) is 1.77. The van der Waals surface area contributed by atoms with E-state index in [0.717, 1.165) is 0 Å². The Morgan fingerprint density at radius 2 is 1.69 bits per heavy atom. The SMILES string of the molecule is CC(=O)C(C)(C#N)C(C)(C)C(=O)O. The summed E-state index contributed by atoms with van der Waals surface area (Å²) in [5.74, 6) is -1.57. The van der Waals surface area contributed by atoms with E-state index in [0.29, 0.717) is 0 Å². The maximum atomic E-state index is 11.2. The molecule has 13 heavy (non-hydrogen) atoms. The van der Waals surface area contributed by atoms with Gasteiger partial charge in [0.05, 0.1) is 11.5 Å². The normalized spacial score (nSPS) is 15.6. The van der Waals surface area contributed by atoms with E-state index in [9.17, 15) is 9.59 Å².